The first-order valence-electron chi connectivity index (χ1n) is 5.47. The molecule has 0 aliphatic heterocycles. The molecule has 0 aliphatic rings. The van der Waals surface area contributed by atoms with Gasteiger partial charge in [0.1, 0.15) is 0 Å². The van der Waals surface area contributed by atoms with E-state index in [1.54, 1.807) is 27.7 Å². The molecule has 18 heavy (non-hydrogen) atoms. The fraction of sp³-hybridized carbons (Fsp3) is 0.500. The number of hydrogen-bond donors (Lipinski definition) is 2. The Morgan fingerprint density at radius 2 is 1.83 bits per heavy atom. The van der Waals surface area contributed by atoms with E-state index in [-0.39, 0.29) is 4.90 Å². The summed E-state index contributed by atoms with van der Waals surface area (Å²) in [6, 6.07) is 1.83. The molecule has 0 saturated heterocycles. The van der Waals surface area contributed by atoms with Gasteiger partial charge in [0, 0.05) is 10.9 Å². The number of aliphatic hydroxyl groups is 1. The Hall–Kier alpha value is -0.430. The molecule has 6 heteroatoms. The molecule has 4 nitrogen and oxygen atoms in total. The fourth-order valence-electron chi connectivity index (χ4n) is 1.98. The monoisotopic (exact) mass is 335 g/mol. The molecular weight excluding hydrogens is 318 g/mol. The third-order valence-corrected chi connectivity index (χ3v) is 4.73. The summed E-state index contributed by atoms with van der Waals surface area (Å²) in [5, 5.41) is 15.1. The lowest BCUT2D eigenvalue weighted by Gasteiger charge is -2.21. The molecule has 1 aromatic rings. The summed E-state index contributed by atoms with van der Waals surface area (Å²) in [6.45, 7) is 6.76. The zero-order valence-corrected chi connectivity index (χ0v) is 13.3. The van der Waals surface area contributed by atoms with E-state index in [0.29, 0.717) is 22.0 Å². The summed E-state index contributed by atoms with van der Waals surface area (Å²) >= 11 is 3.33. The van der Waals surface area contributed by atoms with Crippen molar-refractivity contribution >= 4 is 26.0 Å². The summed E-state index contributed by atoms with van der Waals surface area (Å²) in [7, 11) is -3.78. The maximum absolute atomic E-state index is 11.6. The van der Waals surface area contributed by atoms with E-state index in [1.165, 1.54) is 0 Å². The van der Waals surface area contributed by atoms with Gasteiger partial charge in [0.2, 0.25) is 10.0 Å². The molecule has 0 aliphatic carbocycles. The van der Waals surface area contributed by atoms with Gasteiger partial charge in [0.15, 0.2) is 0 Å². The molecule has 1 aromatic carbocycles. The molecule has 0 spiro atoms. The van der Waals surface area contributed by atoms with E-state index in [9.17, 15) is 13.5 Å². The maximum atomic E-state index is 11.6. The van der Waals surface area contributed by atoms with Crippen LogP contribution in [0.25, 0.3) is 0 Å². The largest absolute Gasteiger partial charge is 0.390 e. The van der Waals surface area contributed by atoms with Crippen molar-refractivity contribution in [3.8, 4) is 0 Å². The average molecular weight is 336 g/mol. The van der Waals surface area contributed by atoms with E-state index in [2.05, 4.69) is 15.9 Å². The minimum Gasteiger partial charge on any atom is -0.390 e. The van der Waals surface area contributed by atoms with Crippen molar-refractivity contribution in [2.45, 2.75) is 44.6 Å². The molecule has 102 valence electrons. The Bertz CT molecular complexity index is 574. The van der Waals surface area contributed by atoms with Gasteiger partial charge < -0.3 is 5.11 Å². The Labute approximate surface area is 116 Å². The lowest BCUT2D eigenvalue weighted by atomic mass is 9.94. The summed E-state index contributed by atoms with van der Waals surface area (Å²) in [5.41, 5.74) is 1.05. The van der Waals surface area contributed by atoms with Crippen LogP contribution in [0.2, 0.25) is 0 Å². The topological polar surface area (TPSA) is 80.4 Å². The molecule has 1 rings (SSSR count). The van der Waals surface area contributed by atoms with Crippen LogP contribution in [0, 0.1) is 13.8 Å². The van der Waals surface area contributed by atoms with Crippen molar-refractivity contribution in [3.63, 3.8) is 0 Å². The van der Waals surface area contributed by atoms with Crippen molar-refractivity contribution < 1.29 is 13.5 Å². The van der Waals surface area contributed by atoms with Crippen LogP contribution in [0.4, 0.5) is 0 Å². The second-order valence-corrected chi connectivity index (χ2v) is 7.48. The molecule has 0 aromatic heterocycles. The van der Waals surface area contributed by atoms with Crippen LogP contribution in [-0.2, 0) is 16.4 Å². The van der Waals surface area contributed by atoms with E-state index >= 15 is 0 Å². The lowest BCUT2D eigenvalue weighted by Crippen LogP contribution is -2.24. The molecule has 0 saturated carbocycles. The summed E-state index contributed by atoms with van der Waals surface area (Å²) in [4.78, 5) is 0.135. The van der Waals surface area contributed by atoms with E-state index in [0.717, 1.165) is 5.56 Å². The van der Waals surface area contributed by atoms with E-state index in [1.807, 2.05) is 6.07 Å². The summed E-state index contributed by atoms with van der Waals surface area (Å²) < 4.78 is 24.0. The minimum absolute atomic E-state index is 0.135. The molecule has 0 atom stereocenters. The predicted molar refractivity (Wildman–Crippen MR) is 75.0 cm³/mol. The van der Waals surface area contributed by atoms with Crippen molar-refractivity contribution in [2.75, 3.05) is 0 Å². The first-order chi connectivity index (χ1) is 7.93. The third-order valence-electron chi connectivity index (χ3n) is 2.73. The number of benzene rings is 1. The molecule has 0 amide bonds. The smallest absolute Gasteiger partial charge is 0.238 e. The van der Waals surface area contributed by atoms with Gasteiger partial charge >= 0.3 is 0 Å². The third kappa shape index (κ3) is 3.54. The van der Waals surface area contributed by atoms with Crippen LogP contribution in [-0.4, -0.2) is 19.1 Å². The van der Waals surface area contributed by atoms with Crippen molar-refractivity contribution in [1.82, 2.24) is 0 Å². The molecule has 0 bridgehead atoms. The van der Waals surface area contributed by atoms with Gasteiger partial charge in [0.25, 0.3) is 0 Å². The number of halogens is 1. The molecule has 3 N–H and O–H groups in total. The van der Waals surface area contributed by atoms with Crippen LogP contribution in [0.1, 0.15) is 30.5 Å². The Kier molecular flexibility index (Phi) is 4.27. The Balaban J connectivity index is 3.55. The first-order valence-corrected chi connectivity index (χ1v) is 7.81. The van der Waals surface area contributed by atoms with Crippen molar-refractivity contribution in [2.24, 2.45) is 5.14 Å². The van der Waals surface area contributed by atoms with Crippen LogP contribution in [0.5, 0.6) is 0 Å². The normalized spacial score (nSPS) is 12.8. The quantitative estimate of drug-likeness (QED) is 0.886. The van der Waals surface area contributed by atoms with Gasteiger partial charge in [-0.2, -0.15) is 0 Å². The second kappa shape index (κ2) is 4.92. The van der Waals surface area contributed by atoms with Gasteiger partial charge in [-0.05, 0) is 50.5 Å². The lowest BCUT2D eigenvalue weighted by molar-refractivity contribution is 0.0807. The highest BCUT2D eigenvalue weighted by Gasteiger charge is 2.23. The van der Waals surface area contributed by atoms with Gasteiger partial charge in [0.05, 0.1) is 10.5 Å². The Morgan fingerprint density at radius 1 is 1.33 bits per heavy atom. The van der Waals surface area contributed by atoms with E-state index < -0.39 is 15.6 Å². The van der Waals surface area contributed by atoms with Gasteiger partial charge in [-0.25, -0.2) is 13.6 Å². The number of hydrogen-bond acceptors (Lipinski definition) is 3. The fourth-order valence-corrected chi connectivity index (χ4v) is 3.68. The average Bonchev–Trinajstić information content (AvgIpc) is 2.09. The number of nitrogens with two attached hydrogens (primary N) is 1. The highest BCUT2D eigenvalue weighted by Crippen LogP contribution is 2.31. The highest BCUT2D eigenvalue weighted by molar-refractivity contribution is 9.10. The maximum Gasteiger partial charge on any atom is 0.238 e. The second-order valence-electron chi connectivity index (χ2n) is 5.13. The molecule has 0 unspecified atom stereocenters. The van der Waals surface area contributed by atoms with Gasteiger partial charge in [-0.1, -0.05) is 15.9 Å². The number of rotatable bonds is 3. The van der Waals surface area contributed by atoms with Crippen molar-refractivity contribution in [1.29, 1.82) is 0 Å². The SMILES string of the molecule is Cc1c(Br)cc(CC(C)(C)O)c(C)c1S(N)(=O)=O. The standard InChI is InChI=1S/C12H18BrNO3S/c1-7-9(6-12(3,4)15)5-10(13)8(2)11(7)18(14,16)17/h5,15H,6H2,1-4H3,(H2,14,16,17). The molecular formula is C12H18BrNO3S. The molecule has 0 radical (unpaired) electrons. The summed E-state index contributed by atoms with van der Waals surface area (Å²) in [5.74, 6) is 0. The van der Waals surface area contributed by atoms with Crippen LogP contribution >= 0.6 is 15.9 Å². The summed E-state index contributed by atoms with van der Waals surface area (Å²) in [6.07, 6.45) is 0.361. The molecule has 0 heterocycles. The number of primary sulfonamides is 1. The van der Waals surface area contributed by atoms with Crippen LogP contribution < -0.4 is 5.14 Å². The molecule has 0 fully saturated rings. The highest BCUT2D eigenvalue weighted by atomic mass is 79.9. The van der Waals surface area contributed by atoms with Gasteiger partial charge in [-0.15, -0.1) is 0 Å². The zero-order chi connectivity index (χ0) is 14.3. The Morgan fingerprint density at radius 3 is 2.22 bits per heavy atom. The minimum atomic E-state index is -3.78. The zero-order valence-electron chi connectivity index (χ0n) is 10.9. The number of sulfonamides is 1. The van der Waals surface area contributed by atoms with Gasteiger partial charge in [-0.3, -0.25) is 0 Å². The van der Waals surface area contributed by atoms with Crippen LogP contribution in [0.3, 0.4) is 0 Å². The first kappa shape index (κ1) is 15.6. The van der Waals surface area contributed by atoms with Crippen LogP contribution in [0.15, 0.2) is 15.4 Å². The predicted octanol–water partition coefficient (Wildman–Crippen LogP) is 2.03. The van der Waals surface area contributed by atoms with Crippen molar-refractivity contribution in [3.05, 3.63) is 27.2 Å². The van der Waals surface area contributed by atoms with E-state index in [4.69, 9.17) is 5.14 Å².